The molecule has 0 unspecified atom stereocenters. The molecule has 2 saturated heterocycles. The number of anilines is 2. The highest BCUT2D eigenvalue weighted by molar-refractivity contribution is 6.07. The number of aryl methyl sites for hydroxylation is 4. The van der Waals surface area contributed by atoms with Gasteiger partial charge in [-0.1, -0.05) is 36.4 Å². The van der Waals surface area contributed by atoms with E-state index in [0.717, 1.165) is 70.6 Å². The van der Waals surface area contributed by atoms with Crippen LogP contribution in [0.4, 0.5) is 16.4 Å². The van der Waals surface area contributed by atoms with E-state index in [0.29, 0.717) is 58.4 Å². The van der Waals surface area contributed by atoms with Crippen LogP contribution in [0.2, 0.25) is 0 Å². The van der Waals surface area contributed by atoms with E-state index >= 15 is 0 Å². The molecule has 0 saturated carbocycles. The van der Waals surface area contributed by atoms with Crippen molar-refractivity contribution >= 4 is 29.6 Å². The first-order valence-electron chi connectivity index (χ1n) is 24.6. The maximum absolute atomic E-state index is 14.2. The fraction of sp³-hybridized carbons (Fsp3) is 0.353. The molecule has 2 N–H and O–H groups in total. The number of hydrogen-bond acceptors (Lipinski definition) is 17. The van der Waals surface area contributed by atoms with Crippen molar-refractivity contribution in [2.24, 2.45) is 14.1 Å². The summed E-state index contributed by atoms with van der Waals surface area (Å²) in [5.41, 5.74) is 6.97. The van der Waals surface area contributed by atoms with Gasteiger partial charge < -0.3 is 20.1 Å². The predicted molar refractivity (Wildman–Crippen MR) is 271 cm³/mol. The van der Waals surface area contributed by atoms with Crippen LogP contribution in [-0.2, 0) is 23.6 Å². The summed E-state index contributed by atoms with van der Waals surface area (Å²) in [5, 5.41) is 41.8. The molecule has 0 bridgehead atoms. The number of nitrogens with one attached hydrogen (secondary N) is 2. The summed E-state index contributed by atoms with van der Waals surface area (Å²) in [7, 11) is 3.52. The van der Waals surface area contributed by atoms with Crippen LogP contribution in [0.3, 0.4) is 0 Å². The highest BCUT2D eigenvalue weighted by Crippen LogP contribution is 2.33. The van der Waals surface area contributed by atoms with Crippen molar-refractivity contribution < 1.29 is 23.9 Å². The molecule has 8 heterocycles. The van der Waals surface area contributed by atoms with E-state index in [1.165, 1.54) is 0 Å². The van der Waals surface area contributed by atoms with E-state index in [-0.39, 0.29) is 35.5 Å². The number of piperidine rings is 2. The van der Waals surface area contributed by atoms with Crippen LogP contribution in [0.1, 0.15) is 83.8 Å². The second-order valence-electron chi connectivity index (χ2n) is 18.4. The summed E-state index contributed by atoms with van der Waals surface area (Å²) in [5.74, 6) is 1.50. The lowest BCUT2D eigenvalue weighted by Crippen LogP contribution is -2.49. The molecule has 8 aromatic rings. The van der Waals surface area contributed by atoms with Crippen LogP contribution in [0, 0.1) is 13.8 Å². The van der Waals surface area contributed by atoms with Gasteiger partial charge in [-0.05, 0) is 136 Å². The first-order chi connectivity index (χ1) is 35.9. The van der Waals surface area contributed by atoms with Crippen molar-refractivity contribution in [2.45, 2.75) is 77.9 Å². The molecule has 74 heavy (non-hydrogen) atoms. The molecule has 0 radical (unpaired) electrons. The fourth-order valence-corrected chi connectivity index (χ4v) is 9.48. The Morgan fingerprint density at radius 3 is 1.42 bits per heavy atom. The summed E-state index contributed by atoms with van der Waals surface area (Å²) in [4.78, 5) is 56.6. The zero-order valence-electron chi connectivity index (χ0n) is 41.9. The standard InChI is InChI=1S/C51H56N18O5/c1-31-11-7-25-54-47(31)66(39-13-9-23-52-27-39)49(70)37-19-15-35(16-20-37)41-29-56-64(5)43(41)45-58-62-68(60-45)33(3)73-51(72)74-34(4)69-61-46(59-63-69)44-42(30-57-65(44)6)36-17-21-38(22-18-36)50(71)67(40-14-10-24-53-28-40)48-32(2)12-8-26-55-48/h7-8,11-12,15-22,25-26,29-30,33-34,39-40,52-53H,9-10,13-14,23-24,27-28H2,1-6H3/t33-,34-,39-,40-/m1/s1. The lowest BCUT2D eigenvalue weighted by molar-refractivity contribution is -0.0455. The molecule has 380 valence electrons. The first-order valence-corrected chi connectivity index (χ1v) is 24.6. The predicted octanol–water partition coefficient (Wildman–Crippen LogP) is 5.89. The Kier molecular flexibility index (Phi) is 14.1. The maximum Gasteiger partial charge on any atom is 0.512 e. The number of carbonyl (C=O) groups is 3. The Morgan fingerprint density at radius 1 is 0.622 bits per heavy atom. The monoisotopic (exact) mass is 1000 g/mol. The van der Waals surface area contributed by atoms with Crippen LogP contribution < -0.4 is 20.4 Å². The van der Waals surface area contributed by atoms with E-state index in [2.05, 4.69) is 61.6 Å². The minimum atomic E-state index is -1.04. The van der Waals surface area contributed by atoms with Gasteiger partial charge in [-0.15, -0.1) is 30.0 Å². The SMILES string of the molecule is Cc1cccnc1N(C(=O)c1ccc(-c2cnn(C)c2-c2nnn([C@@H](C)OC(=O)O[C@H](C)n3nnc(-c4c(-c5ccc(C(=O)N(c6ncccc6C)[C@@H]6CCCNC6)cc5)cnn4C)n3)n2)cc1)[C@@H]1CCCNC1. The molecule has 0 aliphatic carbocycles. The van der Waals surface area contributed by atoms with Crippen LogP contribution in [0.5, 0.6) is 0 Å². The Hall–Kier alpha value is -8.57. The second-order valence-corrected chi connectivity index (χ2v) is 18.4. The molecule has 2 aromatic carbocycles. The Morgan fingerprint density at radius 2 is 1.04 bits per heavy atom. The number of hydrogen-bond donors (Lipinski definition) is 2. The molecule has 23 heteroatoms. The number of aromatic nitrogens is 14. The Bertz CT molecular complexity index is 3060. The molecule has 0 spiro atoms. The van der Waals surface area contributed by atoms with Gasteiger partial charge in [0.25, 0.3) is 11.8 Å². The number of ether oxygens (including phenoxy) is 2. The number of pyridine rings is 2. The summed E-state index contributed by atoms with van der Waals surface area (Å²) in [6.07, 6.45) is 7.38. The highest BCUT2D eigenvalue weighted by Gasteiger charge is 2.32. The van der Waals surface area contributed by atoms with Crippen molar-refractivity contribution in [3.8, 4) is 45.3 Å². The normalized spacial score (nSPS) is 16.6. The molecule has 10 rings (SSSR count). The third-order valence-electron chi connectivity index (χ3n) is 13.4. The summed E-state index contributed by atoms with van der Waals surface area (Å²) >= 11 is 0. The number of amides is 2. The largest absolute Gasteiger partial charge is 0.512 e. The minimum Gasteiger partial charge on any atom is -0.407 e. The van der Waals surface area contributed by atoms with Crippen LogP contribution in [0.15, 0.2) is 97.6 Å². The third kappa shape index (κ3) is 9.97. The smallest absolute Gasteiger partial charge is 0.407 e. The molecule has 2 aliphatic heterocycles. The average Bonchev–Trinajstić information content (AvgIpc) is 4.26. The third-order valence-corrected chi connectivity index (χ3v) is 13.4. The number of carbonyl (C=O) groups excluding carboxylic acids is 3. The number of nitrogens with zero attached hydrogens (tertiary/aromatic N) is 16. The lowest BCUT2D eigenvalue weighted by Gasteiger charge is -2.34. The molecule has 6 aromatic heterocycles. The highest BCUT2D eigenvalue weighted by atomic mass is 16.7. The van der Waals surface area contributed by atoms with E-state index in [1.807, 2.05) is 72.2 Å². The molecule has 23 nitrogen and oxygen atoms in total. The van der Waals surface area contributed by atoms with E-state index in [4.69, 9.17) is 9.47 Å². The quantitative estimate of drug-likeness (QED) is 0.121. The summed E-state index contributed by atoms with van der Waals surface area (Å²) < 4.78 is 14.4. The van der Waals surface area contributed by atoms with Gasteiger partial charge in [-0.2, -0.15) is 10.2 Å². The topological polar surface area (TPSA) is 249 Å². The number of benzene rings is 2. The Labute approximate surface area is 425 Å². The second kappa shape index (κ2) is 21.3. The zero-order valence-corrected chi connectivity index (χ0v) is 41.9. The van der Waals surface area contributed by atoms with E-state index < -0.39 is 18.6 Å². The average molecular weight is 1000 g/mol. The minimum absolute atomic E-state index is 0.0332. The molecule has 2 aliphatic rings. The first kappa shape index (κ1) is 49.0. The van der Waals surface area contributed by atoms with Crippen molar-refractivity contribution in [3.63, 3.8) is 0 Å². The summed E-state index contributed by atoms with van der Waals surface area (Å²) in [6, 6.07) is 22.3. The van der Waals surface area contributed by atoms with Crippen molar-refractivity contribution in [2.75, 3.05) is 36.0 Å². The van der Waals surface area contributed by atoms with Crippen molar-refractivity contribution in [1.29, 1.82) is 0 Å². The molecular weight excluding hydrogens is 945 g/mol. The van der Waals surface area contributed by atoms with Gasteiger partial charge in [-0.3, -0.25) is 28.8 Å². The van der Waals surface area contributed by atoms with Crippen LogP contribution >= 0.6 is 0 Å². The van der Waals surface area contributed by atoms with Gasteiger partial charge in [0.1, 0.15) is 23.0 Å². The number of tetrazole rings is 2. The summed E-state index contributed by atoms with van der Waals surface area (Å²) in [6.45, 7) is 10.3. The molecule has 2 amide bonds. The Balaban J connectivity index is 0.784. The maximum atomic E-state index is 14.2. The van der Waals surface area contributed by atoms with Crippen LogP contribution in [0.25, 0.3) is 45.3 Å². The van der Waals surface area contributed by atoms with Gasteiger partial charge in [0, 0.05) is 61.8 Å². The molecule has 4 atom stereocenters. The van der Waals surface area contributed by atoms with Crippen molar-refractivity contribution in [1.82, 2.24) is 80.6 Å². The van der Waals surface area contributed by atoms with Gasteiger partial charge in [-0.25, -0.2) is 14.8 Å². The number of rotatable bonds is 14. The van der Waals surface area contributed by atoms with Gasteiger partial charge in [0.2, 0.25) is 24.1 Å². The molecule has 2 fully saturated rings. The van der Waals surface area contributed by atoms with Gasteiger partial charge in [0.15, 0.2) is 0 Å². The molecular formula is C51H56N18O5. The van der Waals surface area contributed by atoms with Gasteiger partial charge in [0.05, 0.1) is 24.5 Å². The fourth-order valence-electron chi connectivity index (χ4n) is 9.48. The van der Waals surface area contributed by atoms with Crippen LogP contribution in [-0.4, -0.2) is 126 Å². The van der Waals surface area contributed by atoms with E-state index in [1.54, 1.807) is 86.4 Å². The zero-order chi connectivity index (χ0) is 51.5. The van der Waals surface area contributed by atoms with Gasteiger partial charge >= 0.3 is 6.16 Å². The van der Waals surface area contributed by atoms with E-state index in [9.17, 15) is 14.4 Å². The lowest BCUT2D eigenvalue weighted by atomic mass is 10.0. The van der Waals surface area contributed by atoms with Crippen molar-refractivity contribution in [3.05, 3.63) is 120 Å².